The minimum absolute atomic E-state index is 0.0538. The van der Waals surface area contributed by atoms with E-state index in [-0.39, 0.29) is 18.2 Å². The molecule has 0 saturated carbocycles. The summed E-state index contributed by atoms with van der Waals surface area (Å²) >= 11 is 0. The molecule has 1 aliphatic rings. The molecular weight excluding hydrogens is 324 g/mol. The van der Waals surface area contributed by atoms with Crippen molar-refractivity contribution < 1.29 is 19.2 Å². The van der Waals surface area contributed by atoms with Crippen molar-refractivity contribution in [3.05, 3.63) is 34.5 Å². The van der Waals surface area contributed by atoms with Crippen LogP contribution in [0, 0.1) is 13.8 Å². The average molecular weight is 346 g/mol. The van der Waals surface area contributed by atoms with Crippen LogP contribution in [0.4, 0.5) is 0 Å². The van der Waals surface area contributed by atoms with Crippen molar-refractivity contribution in [3.63, 3.8) is 0 Å². The lowest BCUT2D eigenvalue weighted by Crippen LogP contribution is -2.39. The number of carbonyl (C=O) groups excluding carboxylic acids is 1. The van der Waals surface area contributed by atoms with Crippen molar-refractivity contribution in [2.24, 2.45) is 0 Å². The number of amides is 1. The molecule has 0 aliphatic carbocycles. The molecule has 3 rings (SSSR count). The maximum Gasteiger partial charge on any atom is 0.309 e. The van der Waals surface area contributed by atoms with Crippen molar-refractivity contribution in [1.29, 1.82) is 0 Å². The highest BCUT2D eigenvalue weighted by atomic mass is 16.5. The largest absolute Gasteiger partial charge is 0.481 e. The average Bonchev–Trinajstić information content (AvgIpc) is 3.16. The third-order valence-electron chi connectivity index (χ3n) is 4.77. The normalized spacial score (nSPS) is 15.5. The number of aromatic nitrogens is 3. The van der Waals surface area contributed by atoms with Gasteiger partial charge in [-0.25, -0.2) is 0 Å². The van der Waals surface area contributed by atoms with Crippen LogP contribution in [0.15, 0.2) is 10.6 Å². The Morgan fingerprint density at radius 1 is 1.32 bits per heavy atom. The zero-order chi connectivity index (χ0) is 18.0. The zero-order valence-electron chi connectivity index (χ0n) is 14.4. The number of hydrogen-bond acceptors (Lipinski definition) is 5. The standard InChI is InChI=1S/C17H22N4O4/c1-10-14(11(2)25-20-10)9-16(22)21-5-3-12(4-6-21)15-7-13(18-19-15)8-17(23)24/h7,12H,3-6,8-9H2,1-2H3,(H,18,19)(H,23,24). The summed E-state index contributed by atoms with van der Waals surface area (Å²) in [5.41, 5.74) is 3.13. The van der Waals surface area contributed by atoms with Crippen LogP contribution in [0.3, 0.4) is 0 Å². The summed E-state index contributed by atoms with van der Waals surface area (Å²) in [6, 6.07) is 1.82. The fourth-order valence-corrected chi connectivity index (χ4v) is 3.28. The first-order valence-corrected chi connectivity index (χ1v) is 8.39. The smallest absolute Gasteiger partial charge is 0.309 e. The molecule has 25 heavy (non-hydrogen) atoms. The Balaban J connectivity index is 1.55. The van der Waals surface area contributed by atoms with Gasteiger partial charge in [0.15, 0.2) is 0 Å². The molecule has 2 aromatic rings. The molecule has 0 unspecified atom stereocenters. The van der Waals surface area contributed by atoms with Crippen LogP contribution in [-0.2, 0) is 22.4 Å². The highest BCUT2D eigenvalue weighted by Crippen LogP contribution is 2.27. The molecule has 134 valence electrons. The number of piperidine rings is 1. The van der Waals surface area contributed by atoms with Gasteiger partial charge in [-0.05, 0) is 32.8 Å². The third kappa shape index (κ3) is 3.89. The Morgan fingerprint density at radius 2 is 2.04 bits per heavy atom. The molecular formula is C17H22N4O4. The van der Waals surface area contributed by atoms with Gasteiger partial charge < -0.3 is 14.5 Å². The van der Waals surface area contributed by atoms with Crippen LogP contribution in [0.1, 0.15) is 47.2 Å². The van der Waals surface area contributed by atoms with E-state index in [1.807, 2.05) is 24.8 Å². The molecule has 8 heteroatoms. The number of carboxylic acids is 1. The summed E-state index contributed by atoms with van der Waals surface area (Å²) in [5, 5.41) is 19.7. The zero-order valence-corrected chi connectivity index (χ0v) is 14.4. The Bertz CT molecular complexity index is 752. The van der Waals surface area contributed by atoms with Crippen LogP contribution >= 0.6 is 0 Å². The SMILES string of the molecule is Cc1noc(C)c1CC(=O)N1CCC(c2cc(CC(=O)O)[nH]n2)CC1. The molecule has 1 fully saturated rings. The molecule has 0 aromatic carbocycles. The second kappa shape index (κ2) is 7.08. The van der Waals surface area contributed by atoms with Crippen LogP contribution in [0.25, 0.3) is 0 Å². The number of hydrogen-bond donors (Lipinski definition) is 2. The van der Waals surface area contributed by atoms with Gasteiger partial charge in [0.1, 0.15) is 5.76 Å². The molecule has 3 heterocycles. The van der Waals surface area contributed by atoms with E-state index < -0.39 is 5.97 Å². The fraction of sp³-hybridized carbons (Fsp3) is 0.529. The number of aromatic amines is 1. The van der Waals surface area contributed by atoms with E-state index in [1.54, 1.807) is 0 Å². The van der Waals surface area contributed by atoms with Gasteiger partial charge in [-0.2, -0.15) is 5.10 Å². The van der Waals surface area contributed by atoms with Crippen molar-refractivity contribution in [1.82, 2.24) is 20.3 Å². The molecule has 8 nitrogen and oxygen atoms in total. The monoisotopic (exact) mass is 346 g/mol. The molecule has 0 bridgehead atoms. The van der Waals surface area contributed by atoms with Gasteiger partial charge in [0.05, 0.1) is 24.2 Å². The first kappa shape index (κ1) is 17.2. The Kier molecular flexibility index (Phi) is 4.87. The van der Waals surface area contributed by atoms with Crippen molar-refractivity contribution >= 4 is 11.9 Å². The highest BCUT2D eigenvalue weighted by molar-refractivity contribution is 5.79. The van der Waals surface area contributed by atoms with Gasteiger partial charge in [0, 0.05) is 30.3 Å². The number of carbonyl (C=O) groups is 2. The number of aliphatic carboxylic acids is 1. The van der Waals surface area contributed by atoms with Gasteiger partial charge in [-0.3, -0.25) is 14.7 Å². The summed E-state index contributed by atoms with van der Waals surface area (Å²) in [6.07, 6.45) is 1.91. The van der Waals surface area contributed by atoms with E-state index in [0.717, 1.165) is 29.8 Å². The third-order valence-corrected chi connectivity index (χ3v) is 4.77. The number of likely N-dealkylation sites (tertiary alicyclic amines) is 1. The second-order valence-corrected chi connectivity index (χ2v) is 6.52. The maximum atomic E-state index is 12.5. The molecule has 2 aromatic heterocycles. The summed E-state index contributed by atoms with van der Waals surface area (Å²) in [4.78, 5) is 25.1. The van der Waals surface area contributed by atoms with E-state index in [1.165, 1.54) is 0 Å². The number of nitrogens with one attached hydrogen (secondary N) is 1. The summed E-state index contributed by atoms with van der Waals surface area (Å²) in [5.74, 6) is 0.154. The molecule has 1 aliphatic heterocycles. The van der Waals surface area contributed by atoms with Crippen molar-refractivity contribution in [2.75, 3.05) is 13.1 Å². The van der Waals surface area contributed by atoms with Gasteiger partial charge in [0.25, 0.3) is 0 Å². The van der Waals surface area contributed by atoms with Gasteiger partial charge in [-0.1, -0.05) is 5.16 Å². The Morgan fingerprint density at radius 3 is 2.64 bits per heavy atom. The van der Waals surface area contributed by atoms with Crippen molar-refractivity contribution in [3.8, 4) is 0 Å². The molecule has 0 spiro atoms. The predicted molar refractivity (Wildman–Crippen MR) is 88.2 cm³/mol. The molecule has 1 amide bonds. The maximum absolute atomic E-state index is 12.5. The number of carboxylic acid groups (broad SMARTS) is 1. The lowest BCUT2D eigenvalue weighted by atomic mass is 9.93. The molecule has 0 atom stereocenters. The lowest BCUT2D eigenvalue weighted by Gasteiger charge is -2.31. The van der Waals surface area contributed by atoms with E-state index in [0.29, 0.717) is 31.0 Å². The molecule has 1 saturated heterocycles. The predicted octanol–water partition coefficient (Wildman–Crippen LogP) is 1.59. The van der Waals surface area contributed by atoms with E-state index in [4.69, 9.17) is 9.63 Å². The quantitative estimate of drug-likeness (QED) is 0.850. The van der Waals surface area contributed by atoms with E-state index in [2.05, 4.69) is 15.4 Å². The van der Waals surface area contributed by atoms with Crippen LogP contribution < -0.4 is 0 Å². The minimum atomic E-state index is -0.880. The Labute approximate surface area is 145 Å². The highest BCUT2D eigenvalue weighted by Gasteiger charge is 2.26. The van der Waals surface area contributed by atoms with Gasteiger partial charge in [0.2, 0.25) is 5.91 Å². The summed E-state index contributed by atoms with van der Waals surface area (Å²) in [6.45, 7) is 5.01. The minimum Gasteiger partial charge on any atom is -0.481 e. The fourth-order valence-electron chi connectivity index (χ4n) is 3.28. The molecule has 0 radical (unpaired) electrons. The number of aryl methyl sites for hydroxylation is 2. The number of nitrogens with zero attached hydrogens (tertiary/aromatic N) is 3. The van der Waals surface area contributed by atoms with Crippen LogP contribution in [0.2, 0.25) is 0 Å². The van der Waals surface area contributed by atoms with Gasteiger partial charge in [-0.15, -0.1) is 0 Å². The van der Waals surface area contributed by atoms with E-state index in [9.17, 15) is 9.59 Å². The van der Waals surface area contributed by atoms with E-state index >= 15 is 0 Å². The van der Waals surface area contributed by atoms with Gasteiger partial charge >= 0.3 is 5.97 Å². The summed E-state index contributed by atoms with van der Waals surface area (Å²) < 4.78 is 5.11. The van der Waals surface area contributed by atoms with Crippen molar-refractivity contribution in [2.45, 2.75) is 45.4 Å². The summed E-state index contributed by atoms with van der Waals surface area (Å²) in [7, 11) is 0. The Hall–Kier alpha value is -2.64. The number of H-pyrrole nitrogens is 1. The molecule has 2 N–H and O–H groups in total. The second-order valence-electron chi connectivity index (χ2n) is 6.52. The lowest BCUT2D eigenvalue weighted by molar-refractivity contribution is -0.136. The van der Waals surface area contributed by atoms with Crippen LogP contribution in [0.5, 0.6) is 0 Å². The first-order chi connectivity index (χ1) is 11.9. The van der Waals surface area contributed by atoms with Crippen LogP contribution in [-0.4, -0.2) is 50.3 Å². The first-order valence-electron chi connectivity index (χ1n) is 8.39. The topological polar surface area (TPSA) is 112 Å². The number of rotatable bonds is 5.